The molecule has 7 heteroatoms. The van der Waals surface area contributed by atoms with Crippen LogP contribution >= 0.6 is 0 Å². The molecule has 2 aliphatic rings. The van der Waals surface area contributed by atoms with Crippen LogP contribution in [0.15, 0.2) is 16.5 Å². The van der Waals surface area contributed by atoms with Crippen LogP contribution in [0.4, 0.5) is 0 Å². The molecule has 0 aromatic carbocycles. The Bertz CT molecular complexity index is 592. The molecule has 0 amide bonds. The van der Waals surface area contributed by atoms with E-state index in [1.807, 2.05) is 19.1 Å². The molecule has 3 heterocycles. The summed E-state index contributed by atoms with van der Waals surface area (Å²) in [6, 6.07) is 3.74. The number of hydrogen-bond acceptors (Lipinski definition) is 5. The van der Waals surface area contributed by atoms with Gasteiger partial charge in [0.15, 0.2) is 0 Å². The number of morpholine rings is 1. The van der Waals surface area contributed by atoms with Crippen LogP contribution in [0.5, 0.6) is 0 Å². The molecule has 22 heavy (non-hydrogen) atoms. The van der Waals surface area contributed by atoms with Gasteiger partial charge < -0.3 is 14.1 Å². The molecule has 2 fully saturated rings. The van der Waals surface area contributed by atoms with E-state index < -0.39 is 10.0 Å². The van der Waals surface area contributed by atoms with Crippen LogP contribution in [0.25, 0.3) is 0 Å². The number of likely N-dealkylation sites (tertiary alicyclic amines) is 1. The lowest BCUT2D eigenvalue weighted by molar-refractivity contribution is -0.0146. The van der Waals surface area contributed by atoms with Gasteiger partial charge in [-0.25, -0.2) is 8.42 Å². The second-order valence-corrected chi connectivity index (χ2v) is 8.12. The van der Waals surface area contributed by atoms with Crippen molar-refractivity contribution in [1.82, 2.24) is 9.21 Å². The Morgan fingerprint density at radius 1 is 1.23 bits per heavy atom. The van der Waals surface area contributed by atoms with Crippen molar-refractivity contribution in [1.29, 1.82) is 0 Å². The van der Waals surface area contributed by atoms with Crippen molar-refractivity contribution in [2.24, 2.45) is 0 Å². The van der Waals surface area contributed by atoms with Crippen molar-refractivity contribution in [2.75, 3.05) is 45.1 Å². The van der Waals surface area contributed by atoms with E-state index in [0.717, 1.165) is 18.8 Å². The van der Waals surface area contributed by atoms with Gasteiger partial charge in [-0.1, -0.05) is 0 Å². The Balaban J connectivity index is 1.60. The summed E-state index contributed by atoms with van der Waals surface area (Å²) in [4.78, 5) is 2.23. The van der Waals surface area contributed by atoms with E-state index in [9.17, 15) is 8.42 Å². The van der Waals surface area contributed by atoms with Gasteiger partial charge in [-0.2, -0.15) is 4.31 Å². The first-order chi connectivity index (χ1) is 10.5. The Hall–Kier alpha value is -0.890. The third kappa shape index (κ3) is 3.71. The second kappa shape index (κ2) is 6.70. The standard InChI is InChI=1S/C15H24N2O4S/c1-13-4-5-14(21-13)15-12-17(8-10-20-15)22(18,19)11-9-16-6-2-3-7-16/h4-5,15H,2-3,6-12H2,1H3. The smallest absolute Gasteiger partial charge is 0.215 e. The molecule has 2 saturated heterocycles. The Kier molecular flexibility index (Phi) is 4.87. The molecule has 3 rings (SSSR count). The van der Waals surface area contributed by atoms with Crippen LogP contribution in [0, 0.1) is 6.92 Å². The Morgan fingerprint density at radius 3 is 2.68 bits per heavy atom. The van der Waals surface area contributed by atoms with Crippen LogP contribution in [-0.4, -0.2) is 62.7 Å². The van der Waals surface area contributed by atoms with Crippen molar-refractivity contribution in [2.45, 2.75) is 25.9 Å². The number of ether oxygens (including phenoxy) is 1. The molecule has 1 aromatic heterocycles. The van der Waals surface area contributed by atoms with Gasteiger partial charge in [-0.15, -0.1) is 0 Å². The first kappa shape index (κ1) is 16.0. The predicted octanol–water partition coefficient (Wildman–Crippen LogP) is 1.39. The molecule has 1 aromatic rings. The molecule has 0 radical (unpaired) electrons. The van der Waals surface area contributed by atoms with E-state index >= 15 is 0 Å². The van der Waals surface area contributed by atoms with Gasteiger partial charge in [0.2, 0.25) is 10.0 Å². The zero-order chi connectivity index (χ0) is 15.6. The molecule has 6 nitrogen and oxygen atoms in total. The minimum Gasteiger partial charge on any atom is -0.464 e. The zero-order valence-corrected chi connectivity index (χ0v) is 13.8. The van der Waals surface area contributed by atoms with Gasteiger partial charge in [0, 0.05) is 19.6 Å². The molecular formula is C15H24N2O4S. The SMILES string of the molecule is Cc1ccc(C2CN(S(=O)(=O)CCN3CCCC3)CCO2)o1. The number of aryl methyl sites for hydroxylation is 1. The maximum absolute atomic E-state index is 12.5. The molecule has 0 bridgehead atoms. The molecule has 0 N–H and O–H groups in total. The summed E-state index contributed by atoms with van der Waals surface area (Å²) in [5.74, 6) is 1.71. The normalized spacial score (nSPS) is 24.9. The number of furan rings is 1. The van der Waals surface area contributed by atoms with Gasteiger partial charge in [0.1, 0.15) is 17.6 Å². The lowest BCUT2D eigenvalue weighted by Gasteiger charge is -2.31. The van der Waals surface area contributed by atoms with E-state index in [2.05, 4.69) is 4.90 Å². The average molecular weight is 328 g/mol. The van der Waals surface area contributed by atoms with E-state index in [1.54, 1.807) is 4.31 Å². The summed E-state index contributed by atoms with van der Waals surface area (Å²) >= 11 is 0. The van der Waals surface area contributed by atoms with Gasteiger partial charge in [-0.3, -0.25) is 0 Å². The largest absolute Gasteiger partial charge is 0.464 e. The van der Waals surface area contributed by atoms with Crippen LogP contribution in [-0.2, 0) is 14.8 Å². The summed E-state index contributed by atoms with van der Waals surface area (Å²) < 4.78 is 37.9. The van der Waals surface area contributed by atoms with Crippen LogP contribution in [0.3, 0.4) is 0 Å². The summed E-state index contributed by atoms with van der Waals surface area (Å²) in [6.45, 7) is 5.72. The maximum Gasteiger partial charge on any atom is 0.215 e. The minimum atomic E-state index is -3.23. The second-order valence-electron chi connectivity index (χ2n) is 6.03. The molecule has 2 aliphatic heterocycles. The first-order valence-corrected chi connectivity index (χ1v) is 9.54. The number of hydrogen-bond donors (Lipinski definition) is 0. The molecule has 0 saturated carbocycles. The van der Waals surface area contributed by atoms with E-state index in [4.69, 9.17) is 9.15 Å². The summed E-state index contributed by atoms with van der Waals surface area (Å²) in [7, 11) is -3.23. The van der Waals surface area contributed by atoms with Gasteiger partial charge in [-0.05, 0) is 45.0 Å². The Labute approximate surface area is 132 Å². The van der Waals surface area contributed by atoms with Crippen molar-refractivity contribution in [3.05, 3.63) is 23.7 Å². The van der Waals surface area contributed by atoms with Gasteiger partial charge in [0.25, 0.3) is 0 Å². The molecular weight excluding hydrogens is 304 g/mol. The fourth-order valence-electron chi connectivity index (χ4n) is 3.06. The number of rotatable bonds is 5. The van der Waals surface area contributed by atoms with E-state index in [0.29, 0.717) is 32.0 Å². The Morgan fingerprint density at radius 2 is 2.00 bits per heavy atom. The monoisotopic (exact) mass is 328 g/mol. The number of nitrogens with zero attached hydrogens (tertiary/aromatic N) is 2. The average Bonchev–Trinajstić information content (AvgIpc) is 3.17. The topological polar surface area (TPSA) is 63.0 Å². The highest BCUT2D eigenvalue weighted by molar-refractivity contribution is 7.89. The predicted molar refractivity (Wildman–Crippen MR) is 83.2 cm³/mol. The summed E-state index contributed by atoms with van der Waals surface area (Å²) in [6.07, 6.45) is 2.05. The minimum absolute atomic E-state index is 0.191. The van der Waals surface area contributed by atoms with Crippen molar-refractivity contribution in [3.8, 4) is 0 Å². The lowest BCUT2D eigenvalue weighted by atomic mass is 10.2. The molecule has 1 unspecified atom stereocenters. The van der Waals surface area contributed by atoms with Crippen molar-refractivity contribution < 1.29 is 17.6 Å². The van der Waals surface area contributed by atoms with Gasteiger partial charge in [0.05, 0.1) is 12.4 Å². The van der Waals surface area contributed by atoms with E-state index in [-0.39, 0.29) is 11.9 Å². The fourth-order valence-corrected chi connectivity index (χ4v) is 4.52. The summed E-state index contributed by atoms with van der Waals surface area (Å²) in [5.41, 5.74) is 0. The number of sulfonamides is 1. The van der Waals surface area contributed by atoms with Crippen LogP contribution in [0.1, 0.15) is 30.5 Å². The highest BCUT2D eigenvalue weighted by Gasteiger charge is 2.32. The molecule has 124 valence electrons. The van der Waals surface area contributed by atoms with Crippen LogP contribution in [0.2, 0.25) is 0 Å². The third-order valence-corrected chi connectivity index (χ3v) is 6.18. The molecule has 1 atom stereocenters. The lowest BCUT2D eigenvalue weighted by Crippen LogP contribution is -2.44. The highest BCUT2D eigenvalue weighted by atomic mass is 32.2. The van der Waals surface area contributed by atoms with E-state index in [1.165, 1.54) is 12.8 Å². The van der Waals surface area contributed by atoms with Crippen LogP contribution < -0.4 is 0 Å². The van der Waals surface area contributed by atoms with Crippen molar-refractivity contribution >= 4 is 10.0 Å². The first-order valence-electron chi connectivity index (χ1n) is 7.93. The fraction of sp³-hybridized carbons (Fsp3) is 0.733. The summed E-state index contributed by atoms with van der Waals surface area (Å²) in [5, 5.41) is 0. The highest BCUT2D eigenvalue weighted by Crippen LogP contribution is 2.25. The quantitative estimate of drug-likeness (QED) is 0.817. The third-order valence-electron chi connectivity index (χ3n) is 4.37. The van der Waals surface area contributed by atoms with Gasteiger partial charge >= 0.3 is 0 Å². The van der Waals surface area contributed by atoms with Crippen molar-refractivity contribution in [3.63, 3.8) is 0 Å². The maximum atomic E-state index is 12.5. The molecule has 0 aliphatic carbocycles. The zero-order valence-electron chi connectivity index (χ0n) is 13.0. The molecule has 0 spiro atoms.